The van der Waals surface area contributed by atoms with E-state index in [9.17, 15) is 0 Å². The van der Waals surface area contributed by atoms with Crippen molar-refractivity contribution in [3.63, 3.8) is 0 Å². The highest BCUT2D eigenvalue weighted by molar-refractivity contribution is 4.89. The van der Waals surface area contributed by atoms with E-state index in [0.29, 0.717) is 17.5 Å². The van der Waals surface area contributed by atoms with Crippen molar-refractivity contribution >= 4 is 0 Å². The fourth-order valence-electron chi connectivity index (χ4n) is 1.94. The maximum absolute atomic E-state index is 3.63. The first kappa shape index (κ1) is 11.0. The van der Waals surface area contributed by atoms with E-state index in [1.165, 1.54) is 13.1 Å². The molecular formula is C11H24N2. The zero-order valence-electron chi connectivity index (χ0n) is 9.72. The van der Waals surface area contributed by atoms with Gasteiger partial charge in [0.1, 0.15) is 0 Å². The van der Waals surface area contributed by atoms with Gasteiger partial charge in [0.25, 0.3) is 0 Å². The van der Waals surface area contributed by atoms with Crippen molar-refractivity contribution in [2.45, 2.75) is 46.7 Å². The molecule has 1 rings (SSSR count). The highest BCUT2D eigenvalue weighted by Crippen LogP contribution is 2.23. The minimum Gasteiger partial charge on any atom is -0.311 e. The largest absolute Gasteiger partial charge is 0.311 e. The van der Waals surface area contributed by atoms with E-state index in [-0.39, 0.29) is 0 Å². The minimum absolute atomic E-state index is 0.383. The number of hydrogen-bond donors (Lipinski definition) is 1. The molecule has 1 saturated heterocycles. The third-order valence-electron chi connectivity index (χ3n) is 3.15. The van der Waals surface area contributed by atoms with Gasteiger partial charge in [-0.2, -0.15) is 0 Å². The Kier molecular flexibility index (Phi) is 3.36. The van der Waals surface area contributed by atoms with Crippen molar-refractivity contribution in [1.29, 1.82) is 0 Å². The van der Waals surface area contributed by atoms with Crippen molar-refractivity contribution in [2.24, 2.45) is 5.41 Å². The molecule has 0 saturated carbocycles. The zero-order valence-corrected chi connectivity index (χ0v) is 9.72. The van der Waals surface area contributed by atoms with E-state index in [1.807, 2.05) is 0 Å². The summed E-state index contributed by atoms with van der Waals surface area (Å²) in [6, 6.07) is 1.34. The van der Waals surface area contributed by atoms with Gasteiger partial charge < -0.3 is 5.32 Å². The maximum Gasteiger partial charge on any atom is 0.0244 e. The van der Waals surface area contributed by atoms with Crippen molar-refractivity contribution in [2.75, 3.05) is 19.6 Å². The lowest BCUT2D eigenvalue weighted by atomic mass is 9.85. The molecule has 2 unspecified atom stereocenters. The molecule has 78 valence electrons. The summed E-state index contributed by atoms with van der Waals surface area (Å²) in [5.41, 5.74) is 0.383. The van der Waals surface area contributed by atoms with Gasteiger partial charge in [-0.3, -0.25) is 4.90 Å². The lowest BCUT2D eigenvalue weighted by Gasteiger charge is -2.43. The first-order valence-corrected chi connectivity index (χ1v) is 5.42. The SMILES string of the molecule is CCN1CC(C(C)(C)C)NCC1C. The van der Waals surface area contributed by atoms with Crippen molar-refractivity contribution in [3.8, 4) is 0 Å². The van der Waals surface area contributed by atoms with Crippen molar-refractivity contribution in [1.82, 2.24) is 10.2 Å². The summed E-state index contributed by atoms with van der Waals surface area (Å²) >= 11 is 0. The molecule has 0 aromatic rings. The van der Waals surface area contributed by atoms with E-state index in [4.69, 9.17) is 0 Å². The lowest BCUT2D eigenvalue weighted by Crippen LogP contribution is -2.59. The van der Waals surface area contributed by atoms with Crippen LogP contribution in [-0.2, 0) is 0 Å². The molecule has 0 aromatic heterocycles. The van der Waals surface area contributed by atoms with Crippen LogP contribution < -0.4 is 5.32 Å². The van der Waals surface area contributed by atoms with E-state index >= 15 is 0 Å². The summed E-state index contributed by atoms with van der Waals surface area (Å²) in [6.45, 7) is 15.0. The van der Waals surface area contributed by atoms with Crippen LogP contribution in [0.15, 0.2) is 0 Å². The smallest absolute Gasteiger partial charge is 0.0244 e. The molecule has 1 fully saturated rings. The Hall–Kier alpha value is -0.0800. The van der Waals surface area contributed by atoms with Gasteiger partial charge in [-0.1, -0.05) is 27.7 Å². The highest BCUT2D eigenvalue weighted by Gasteiger charge is 2.31. The van der Waals surface area contributed by atoms with Gasteiger partial charge in [-0.15, -0.1) is 0 Å². The molecule has 0 radical (unpaired) electrons. The number of piperazine rings is 1. The summed E-state index contributed by atoms with van der Waals surface area (Å²) < 4.78 is 0. The fourth-order valence-corrected chi connectivity index (χ4v) is 1.94. The average molecular weight is 184 g/mol. The molecule has 1 heterocycles. The number of nitrogens with zero attached hydrogens (tertiary/aromatic N) is 1. The summed E-state index contributed by atoms with van der Waals surface area (Å²) in [5, 5.41) is 3.63. The Labute approximate surface area is 82.7 Å². The van der Waals surface area contributed by atoms with Crippen LogP contribution in [0.25, 0.3) is 0 Å². The molecule has 1 N–H and O–H groups in total. The Morgan fingerprint density at radius 2 is 2.00 bits per heavy atom. The Morgan fingerprint density at radius 1 is 1.38 bits per heavy atom. The van der Waals surface area contributed by atoms with Gasteiger partial charge in [0, 0.05) is 25.2 Å². The molecule has 2 heteroatoms. The van der Waals surface area contributed by atoms with Gasteiger partial charge in [-0.05, 0) is 18.9 Å². The first-order valence-electron chi connectivity index (χ1n) is 5.42. The molecule has 1 aliphatic heterocycles. The predicted octanol–water partition coefficient (Wildman–Crippen LogP) is 1.71. The average Bonchev–Trinajstić information content (AvgIpc) is 2.03. The van der Waals surface area contributed by atoms with Gasteiger partial charge >= 0.3 is 0 Å². The Balaban J connectivity index is 2.55. The minimum atomic E-state index is 0.383. The summed E-state index contributed by atoms with van der Waals surface area (Å²) in [7, 11) is 0. The normalized spacial score (nSPS) is 32.1. The van der Waals surface area contributed by atoms with Crippen LogP contribution in [0.1, 0.15) is 34.6 Å². The van der Waals surface area contributed by atoms with Crippen LogP contribution in [-0.4, -0.2) is 36.6 Å². The van der Waals surface area contributed by atoms with Gasteiger partial charge in [0.05, 0.1) is 0 Å². The zero-order chi connectivity index (χ0) is 10.1. The number of nitrogens with one attached hydrogen (secondary N) is 1. The van der Waals surface area contributed by atoms with E-state index in [2.05, 4.69) is 44.8 Å². The predicted molar refractivity (Wildman–Crippen MR) is 58.0 cm³/mol. The van der Waals surface area contributed by atoms with E-state index < -0.39 is 0 Å². The van der Waals surface area contributed by atoms with Crippen molar-refractivity contribution in [3.05, 3.63) is 0 Å². The second kappa shape index (κ2) is 3.97. The van der Waals surface area contributed by atoms with E-state index in [1.54, 1.807) is 0 Å². The molecule has 2 nitrogen and oxygen atoms in total. The fraction of sp³-hybridized carbons (Fsp3) is 1.00. The number of rotatable bonds is 1. The van der Waals surface area contributed by atoms with Gasteiger partial charge in [-0.25, -0.2) is 0 Å². The monoisotopic (exact) mass is 184 g/mol. The second-order valence-electron chi connectivity index (χ2n) is 5.26. The second-order valence-corrected chi connectivity index (χ2v) is 5.26. The Morgan fingerprint density at radius 3 is 2.46 bits per heavy atom. The standard InChI is InChI=1S/C11H24N2/c1-6-13-8-10(11(3,4)5)12-7-9(13)2/h9-10,12H,6-8H2,1-5H3. The molecule has 2 atom stereocenters. The van der Waals surface area contributed by atoms with Gasteiger partial charge in [0.15, 0.2) is 0 Å². The first-order chi connectivity index (χ1) is 5.95. The summed E-state index contributed by atoms with van der Waals surface area (Å²) in [6.07, 6.45) is 0. The third kappa shape index (κ3) is 2.68. The Bertz CT molecular complexity index is 160. The lowest BCUT2D eigenvalue weighted by molar-refractivity contribution is 0.0987. The third-order valence-corrected chi connectivity index (χ3v) is 3.15. The van der Waals surface area contributed by atoms with Crippen LogP contribution in [0, 0.1) is 5.41 Å². The molecule has 0 aliphatic carbocycles. The van der Waals surface area contributed by atoms with Crippen LogP contribution in [0.2, 0.25) is 0 Å². The number of likely N-dealkylation sites (N-methyl/N-ethyl adjacent to an activating group) is 1. The quantitative estimate of drug-likeness (QED) is 0.667. The molecule has 0 spiro atoms. The van der Waals surface area contributed by atoms with Crippen LogP contribution in [0.5, 0.6) is 0 Å². The molecule has 0 bridgehead atoms. The number of hydrogen-bond acceptors (Lipinski definition) is 2. The van der Waals surface area contributed by atoms with Crippen molar-refractivity contribution < 1.29 is 0 Å². The molecule has 0 aromatic carbocycles. The van der Waals surface area contributed by atoms with Crippen LogP contribution in [0.4, 0.5) is 0 Å². The maximum atomic E-state index is 3.63. The summed E-state index contributed by atoms with van der Waals surface area (Å²) in [5.74, 6) is 0. The topological polar surface area (TPSA) is 15.3 Å². The molecular weight excluding hydrogens is 160 g/mol. The molecule has 1 aliphatic rings. The van der Waals surface area contributed by atoms with Crippen LogP contribution >= 0.6 is 0 Å². The van der Waals surface area contributed by atoms with E-state index in [0.717, 1.165) is 6.54 Å². The highest BCUT2D eigenvalue weighted by atomic mass is 15.2. The molecule has 0 amide bonds. The molecule has 13 heavy (non-hydrogen) atoms. The van der Waals surface area contributed by atoms with Gasteiger partial charge in [0.2, 0.25) is 0 Å². The summed E-state index contributed by atoms with van der Waals surface area (Å²) in [4.78, 5) is 2.56. The van der Waals surface area contributed by atoms with Crippen LogP contribution in [0.3, 0.4) is 0 Å².